The third-order valence-corrected chi connectivity index (χ3v) is 4.17. The van der Waals surface area contributed by atoms with Crippen LogP contribution in [-0.4, -0.2) is 26.8 Å². The van der Waals surface area contributed by atoms with E-state index in [4.69, 9.17) is 4.42 Å². The summed E-state index contributed by atoms with van der Waals surface area (Å²) in [5, 5.41) is 22.2. The molecule has 0 aliphatic carbocycles. The van der Waals surface area contributed by atoms with E-state index in [1.54, 1.807) is 25.3 Å². The van der Waals surface area contributed by atoms with E-state index in [9.17, 15) is 9.90 Å². The molecule has 0 fully saturated rings. The maximum absolute atomic E-state index is 12.3. The number of aliphatic hydroxyl groups is 1. The zero-order chi connectivity index (χ0) is 16.4. The Hall–Kier alpha value is -2.58. The molecule has 0 radical (unpaired) electrons. The van der Waals surface area contributed by atoms with E-state index in [1.807, 2.05) is 0 Å². The molecule has 3 rings (SSSR count). The molecular formula is C15H14N4O3S. The molecular weight excluding hydrogens is 316 g/mol. The predicted molar refractivity (Wildman–Crippen MR) is 88.5 cm³/mol. The molecule has 0 aliphatic heterocycles. The molecule has 7 nitrogen and oxygen atoms in total. The second-order valence-corrected chi connectivity index (χ2v) is 5.78. The SMILES string of the molecule is C=CCNc1nnc(-c2cc3c(CO)cnc(C)c3oc2=O)s1. The van der Waals surface area contributed by atoms with Crippen LogP contribution < -0.4 is 10.9 Å². The van der Waals surface area contributed by atoms with Crippen LogP contribution in [0.15, 0.2) is 34.1 Å². The predicted octanol–water partition coefficient (Wildman–Crippen LogP) is 2.11. The highest BCUT2D eigenvalue weighted by Crippen LogP contribution is 2.28. The summed E-state index contributed by atoms with van der Waals surface area (Å²) in [4.78, 5) is 16.4. The molecule has 0 saturated heterocycles. The molecule has 0 amide bonds. The normalized spacial score (nSPS) is 10.9. The quantitative estimate of drug-likeness (QED) is 0.691. The number of aliphatic hydroxyl groups excluding tert-OH is 1. The molecule has 118 valence electrons. The van der Waals surface area contributed by atoms with Crippen LogP contribution in [0.2, 0.25) is 0 Å². The van der Waals surface area contributed by atoms with Gasteiger partial charge in [-0.15, -0.1) is 16.8 Å². The molecule has 0 spiro atoms. The topological polar surface area (TPSA) is 101 Å². The van der Waals surface area contributed by atoms with E-state index in [-0.39, 0.29) is 6.61 Å². The van der Waals surface area contributed by atoms with Crippen molar-refractivity contribution in [3.8, 4) is 10.6 Å². The number of hydrogen-bond acceptors (Lipinski definition) is 8. The fourth-order valence-corrected chi connectivity index (χ4v) is 2.87. The first-order chi connectivity index (χ1) is 11.1. The largest absolute Gasteiger partial charge is 0.420 e. The van der Waals surface area contributed by atoms with Gasteiger partial charge in [0, 0.05) is 23.7 Å². The zero-order valence-electron chi connectivity index (χ0n) is 12.4. The number of hydrogen-bond donors (Lipinski definition) is 2. The van der Waals surface area contributed by atoms with Crippen LogP contribution in [0.4, 0.5) is 5.13 Å². The fraction of sp³-hybridized carbons (Fsp3) is 0.200. The maximum atomic E-state index is 12.3. The first-order valence-electron chi connectivity index (χ1n) is 6.86. The number of anilines is 1. The summed E-state index contributed by atoms with van der Waals surface area (Å²) in [5.74, 6) is 0. The van der Waals surface area contributed by atoms with Gasteiger partial charge in [0.25, 0.3) is 0 Å². The van der Waals surface area contributed by atoms with E-state index < -0.39 is 5.63 Å². The van der Waals surface area contributed by atoms with Gasteiger partial charge in [-0.3, -0.25) is 4.98 Å². The van der Waals surface area contributed by atoms with Gasteiger partial charge < -0.3 is 14.8 Å². The van der Waals surface area contributed by atoms with E-state index in [0.717, 1.165) is 0 Å². The minimum Gasteiger partial charge on any atom is -0.420 e. The van der Waals surface area contributed by atoms with Crippen molar-refractivity contribution in [3.63, 3.8) is 0 Å². The van der Waals surface area contributed by atoms with E-state index in [2.05, 4.69) is 27.1 Å². The molecule has 3 aromatic heterocycles. The Labute approximate surface area is 135 Å². The van der Waals surface area contributed by atoms with Crippen LogP contribution in [0.1, 0.15) is 11.3 Å². The van der Waals surface area contributed by atoms with Crippen molar-refractivity contribution in [3.05, 3.63) is 46.6 Å². The number of aryl methyl sites for hydroxylation is 1. The second kappa shape index (κ2) is 6.27. The van der Waals surface area contributed by atoms with E-state index in [1.165, 1.54) is 11.3 Å². The van der Waals surface area contributed by atoms with Crippen molar-refractivity contribution in [1.29, 1.82) is 0 Å². The summed E-state index contributed by atoms with van der Waals surface area (Å²) in [7, 11) is 0. The average Bonchev–Trinajstić information content (AvgIpc) is 3.02. The summed E-state index contributed by atoms with van der Waals surface area (Å²) in [5.41, 5.74) is 1.35. The van der Waals surface area contributed by atoms with Crippen LogP contribution >= 0.6 is 11.3 Å². The minimum absolute atomic E-state index is 0.195. The first kappa shape index (κ1) is 15.3. The fourth-order valence-electron chi connectivity index (χ4n) is 2.12. The van der Waals surface area contributed by atoms with Gasteiger partial charge in [0.15, 0.2) is 10.6 Å². The highest BCUT2D eigenvalue weighted by atomic mass is 32.1. The highest BCUT2D eigenvalue weighted by molar-refractivity contribution is 7.18. The Balaban J connectivity index is 2.14. The van der Waals surface area contributed by atoms with E-state index >= 15 is 0 Å². The van der Waals surface area contributed by atoms with Gasteiger partial charge in [0.2, 0.25) is 5.13 Å². The minimum atomic E-state index is -0.510. The van der Waals surface area contributed by atoms with Crippen LogP contribution in [0.3, 0.4) is 0 Å². The van der Waals surface area contributed by atoms with Crippen LogP contribution in [0, 0.1) is 6.92 Å². The Kier molecular flexibility index (Phi) is 4.18. The molecule has 8 heteroatoms. The van der Waals surface area contributed by atoms with Gasteiger partial charge in [0.1, 0.15) is 0 Å². The molecule has 0 bridgehead atoms. The molecule has 0 unspecified atom stereocenters. The lowest BCUT2D eigenvalue weighted by Crippen LogP contribution is -2.05. The summed E-state index contributed by atoms with van der Waals surface area (Å²) < 4.78 is 5.38. The lowest BCUT2D eigenvalue weighted by atomic mass is 10.1. The van der Waals surface area contributed by atoms with Crippen molar-refractivity contribution in [2.24, 2.45) is 0 Å². The lowest BCUT2D eigenvalue weighted by molar-refractivity contribution is 0.282. The molecule has 3 heterocycles. The van der Waals surface area contributed by atoms with Crippen LogP contribution in [0.25, 0.3) is 21.5 Å². The van der Waals surface area contributed by atoms with Crippen molar-refractivity contribution >= 4 is 27.4 Å². The molecule has 2 N–H and O–H groups in total. The molecule has 0 aliphatic rings. The smallest absolute Gasteiger partial charge is 0.346 e. The number of fused-ring (bicyclic) bond motifs is 1. The van der Waals surface area contributed by atoms with Crippen molar-refractivity contribution in [1.82, 2.24) is 15.2 Å². The molecule has 23 heavy (non-hydrogen) atoms. The van der Waals surface area contributed by atoms with Crippen LogP contribution in [-0.2, 0) is 6.61 Å². The molecule has 0 atom stereocenters. The Morgan fingerprint density at radius 1 is 1.48 bits per heavy atom. The number of pyridine rings is 1. The van der Waals surface area contributed by atoms with Crippen molar-refractivity contribution < 1.29 is 9.52 Å². The average molecular weight is 330 g/mol. The molecule has 3 aromatic rings. The van der Waals surface area contributed by atoms with Crippen molar-refractivity contribution in [2.45, 2.75) is 13.5 Å². The number of rotatable bonds is 5. The summed E-state index contributed by atoms with van der Waals surface area (Å²) in [6.45, 7) is 5.72. The van der Waals surface area contributed by atoms with Crippen molar-refractivity contribution in [2.75, 3.05) is 11.9 Å². The maximum Gasteiger partial charge on any atom is 0.346 e. The summed E-state index contributed by atoms with van der Waals surface area (Å²) in [6.07, 6.45) is 3.27. The number of aromatic nitrogens is 3. The monoisotopic (exact) mass is 330 g/mol. The zero-order valence-corrected chi connectivity index (χ0v) is 13.2. The van der Waals surface area contributed by atoms with Gasteiger partial charge in [0.05, 0.1) is 17.9 Å². The number of nitrogens with one attached hydrogen (secondary N) is 1. The number of nitrogens with zero attached hydrogens (tertiary/aromatic N) is 3. The van der Waals surface area contributed by atoms with Gasteiger partial charge in [-0.1, -0.05) is 17.4 Å². The van der Waals surface area contributed by atoms with E-state index in [0.29, 0.717) is 44.5 Å². The second-order valence-electron chi connectivity index (χ2n) is 4.80. The molecule has 0 saturated carbocycles. The molecule has 0 aromatic carbocycles. The third kappa shape index (κ3) is 2.86. The Morgan fingerprint density at radius 3 is 3.04 bits per heavy atom. The Bertz CT molecular complexity index is 932. The van der Waals surface area contributed by atoms with Gasteiger partial charge in [-0.05, 0) is 13.0 Å². The van der Waals surface area contributed by atoms with Gasteiger partial charge in [-0.25, -0.2) is 4.79 Å². The first-order valence-corrected chi connectivity index (χ1v) is 7.67. The van der Waals surface area contributed by atoms with Gasteiger partial charge >= 0.3 is 5.63 Å². The summed E-state index contributed by atoms with van der Waals surface area (Å²) >= 11 is 1.25. The highest BCUT2D eigenvalue weighted by Gasteiger charge is 2.16. The Morgan fingerprint density at radius 2 is 2.30 bits per heavy atom. The van der Waals surface area contributed by atoms with Gasteiger partial charge in [-0.2, -0.15) is 0 Å². The van der Waals surface area contributed by atoms with Crippen LogP contribution in [0.5, 0.6) is 0 Å². The standard InChI is InChI=1S/C15H14N4O3S/c1-3-4-16-15-19-18-13(23-15)11-5-10-9(7-20)6-17-8(2)12(10)22-14(11)21/h3,5-6,20H,1,4,7H2,2H3,(H,16,19). The third-order valence-electron chi connectivity index (χ3n) is 3.26. The lowest BCUT2D eigenvalue weighted by Gasteiger charge is -2.05. The summed E-state index contributed by atoms with van der Waals surface area (Å²) in [6, 6.07) is 1.67.